The Morgan fingerprint density at radius 1 is 1.17 bits per heavy atom. The van der Waals surface area contributed by atoms with E-state index in [4.69, 9.17) is 0 Å². The fraction of sp³-hybridized carbons (Fsp3) is 0.154. The van der Waals surface area contributed by atoms with Gasteiger partial charge in [-0.1, -0.05) is 30.3 Å². The summed E-state index contributed by atoms with van der Waals surface area (Å²) in [5.41, 5.74) is 2.51. The summed E-state index contributed by atoms with van der Waals surface area (Å²) in [5.74, 6) is 1.48. The molecule has 3 rings (SSSR count). The molecule has 0 aliphatic heterocycles. The van der Waals surface area contributed by atoms with Crippen LogP contribution in [0.4, 0.5) is 5.82 Å². The lowest BCUT2D eigenvalue weighted by Crippen LogP contribution is -2.02. The van der Waals surface area contributed by atoms with Gasteiger partial charge in [-0.15, -0.1) is 0 Å². The first kappa shape index (κ1) is 10.7. The minimum Gasteiger partial charge on any atom is -0.368 e. The Balaban J connectivity index is 2.19. The van der Waals surface area contributed by atoms with Gasteiger partial charge in [0.1, 0.15) is 5.52 Å². The van der Waals surface area contributed by atoms with Crippen LogP contribution < -0.4 is 5.32 Å². The SMILES string of the molecule is CCNc1nc(-c2ccccc2)nc2nc[nH]c12. The van der Waals surface area contributed by atoms with E-state index in [2.05, 4.69) is 25.3 Å². The third-order valence-electron chi connectivity index (χ3n) is 2.66. The van der Waals surface area contributed by atoms with E-state index in [1.54, 1.807) is 6.33 Å². The maximum absolute atomic E-state index is 4.54. The predicted molar refractivity (Wildman–Crippen MR) is 71.3 cm³/mol. The Kier molecular flexibility index (Phi) is 2.64. The van der Waals surface area contributed by atoms with E-state index in [9.17, 15) is 0 Å². The van der Waals surface area contributed by atoms with Gasteiger partial charge < -0.3 is 10.3 Å². The Morgan fingerprint density at radius 3 is 2.78 bits per heavy atom. The third-order valence-corrected chi connectivity index (χ3v) is 2.66. The van der Waals surface area contributed by atoms with Crippen molar-refractivity contribution in [1.82, 2.24) is 19.9 Å². The number of anilines is 1. The maximum atomic E-state index is 4.54. The zero-order chi connectivity index (χ0) is 12.4. The largest absolute Gasteiger partial charge is 0.368 e. The average molecular weight is 239 g/mol. The number of H-pyrrole nitrogens is 1. The summed E-state index contributed by atoms with van der Waals surface area (Å²) in [4.78, 5) is 16.2. The number of hydrogen-bond acceptors (Lipinski definition) is 4. The summed E-state index contributed by atoms with van der Waals surface area (Å²) >= 11 is 0. The van der Waals surface area contributed by atoms with Crippen molar-refractivity contribution >= 4 is 17.0 Å². The second-order valence-electron chi connectivity index (χ2n) is 3.89. The Hall–Kier alpha value is -2.43. The molecule has 0 radical (unpaired) electrons. The van der Waals surface area contributed by atoms with E-state index in [0.717, 1.165) is 23.4 Å². The molecule has 0 spiro atoms. The van der Waals surface area contributed by atoms with Crippen molar-refractivity contribution in [2.75, 3.05) is 11.9 Å². The highest BCUT2D eigenvalue weighted by molar-refractivity contribution is 5.84. The number of rotatable bonds is 3. The smallest absolute Gasteiger partial charge is 0.183 e. The number of imidazole rings is 1. The lowest BCUT2D eigenvalue weighted by Gasteiger charge is -2.06. The topological polar surface area (TPSA) is 66.5 Å². The number of hydrogen-bond donors (Lipinski definition) is 2. The molecule has 5 heteroatoms. The number of benzene rings is 1. The molecule has 90 valence electrons. The Bertz CT molecular complexity index is 659. The highest BCUT2D eigenvalue weighted by Crippen LogP contribution is 2.22. The van der Waals surface area contributed by atoms with Crippen LogP contribution in [0.3, 0.4) is 0 Å². The minimum atomic E-state index is 0.680. The first-order chi connectivity index (χ1) is 8.88. The van der Waals surface area contributed by atoms with Gasteiger partial charge in [-0.3, -0.25) is 0 Å². The molecule has 2 aromatic heterocycles. The van der Waals surface area contributed by atoms with Gasteiger partial charge in [-0.2, -0.15) is 0 Å². The molecule has 0 atom stereocenters. The summed E-state index contributed by atoms with van der Waals surface area (Å²) < 4.78 is 0. The predicted octanol–water partition coefficient (Wildman–Crippen LogP) is 2.45. The van der Waals surface area contributed by atoms with E-state index in [0.29, 0.717) is 11.5 Å². The van der Waals surface area contributed by atoms with Gasteiger partial charge >= 0.3 is 0 Å². The molecule has 0 fully saturated rings. The third kappa shape index (κ3) is 1.79. The first-order valence-electron chi connectivity index (χ1n) is 5.89. The lowest BCUT2D eigenvalue weighted by atomic mass is 10.2. The molecule has 0 unspecified atom stereocenters. The number of nitrogens with one attached hydrogen (secondary N) is 2. The molecular weight excluding hydrogens is 226 g/mol. The zero-order valence-corrected chi connectivity index (χ0v) is 10.0. The molecule has 5 nitrogen and oxygen atoms in total. The van der Waals surface area contributed by atoms with Crippen LogP contribution >= 0.6 is 0 Å². The molecule has 0 aliphatic rings. The van der Waals surface area contributed by atoms with Gasteiger partial charge in [0, 0.05) is 12.1 Å². The number of nitrogens with zero attached hydrogens (tertiary/aromatic N) is 3. The molecule has 2 N–H and O–H groups in total. The quantitative estimate of drug-likeness (QED) is 0.736. The minimum absolute atomic E-state index is 0.680. The van der Waals surface area contributed by atoms with Gasteiger partial charge in [0.25, 0.3) is 0 Å². The summed E-state index contributed by atoms with van der Waals surface area (Å²) in [5, 5.41) is 3.22. The molecule has 2 heterocycles. The van der Waals surface area contributed by atoms with Crippen molar-refractivity contribution in [2.45, 2.75) is 6.92 Å². The Morgan fingerprint density at radius 2 is 2.00 bits per heavy atom. The van der Waals surface area contributed by atoms with Crippen LogP contribution in [0.1, 0.15) is 6.92 Å². The van der Waals surface area contributed by atoms with Crippen LogP contribution in [0.2, 0.25) is 0 Å². The van der Waals surface area contributed by atoms with Crippen LogP contribution in [0.5, 0.6) is 0 Å². The fourth-order valence-electron chi connectivity index (χ4n) is 1.84. The van der Waals surface area contributed by atoms with Gasteiger partial charge in [-0.25, -0.2) is 15.0 Å². The summed E-state index contributed by atoms with van der Waals surface area (Å²) in [6, 6.07) is 9.90. The van der Waals surface area contributed by atoms with Gasteiger partial charge in [0.05, 0.1) is 6.33 Å². The molecule has 1 aromatic carbocycles. The molecule has 0 aliphatic carbocycles. The first-order valence-corrected chi connectivity index (χ1v) is 5.89. The highest BCUT2D eigenvalue weighted by atomic mass is 15.1. The molecule has 18 heavy (non-hydrogen) atoms. The van der Waals surface area contributed by atoms with Crippen LogP contribution in [0, 0.1) is 0 Å². The summed E-state index contributed by atoms with van der Waals surface area (Å²) in [7, 11) is 0. The van der Waals surface area contributed by atoms with E-state index < -0.39 is 0 Å². The average Bonchev–Trinajstić information content (AvgIpc) is 2.88. The van der Waals surface area contributed by atoms with Crippen molar-refractivity contribution < 1.29 is 0 Å². The second-order valence-corrected chi connectivity index (χ2v) is 3.89. The number of aromatic amines is 1. The van der Waals surface area contributed by atoms with Gasteiger partial charge in [0.15, 0.2) is 17.3 Å². The van der Waals surface area contributed by atoms with Gasteiger partial charge in [-0.05, 0) is 6.92 Å². The molecule has 0 saturated heterocycles. The molecule has 3 aromatic rings. The standard InChI is InChI=1S/C13H13N5/c1-2-14-12-10-13(16-8-15-10)18-11(17-12)9-6-4-3-5-7-9/h3-8H,2H2,1H3,(H2,14,15,16,17,18). The van der Waals surface area contributed by atoms with Crippen LogP contribution in [0.15, 0.2) is 36.7 Å². The van der Waals surface area contributed by atoms with Crippen molar-refractivity contribution in [2.24, 2.45) is 0 Å². The van der Waals surface area contributed by atoms with E-state index in [-0.39, 0.29) is 0 Å². The van der Waals surface area contributed by atoms with Crippen molar-refractivity contribution in [3.8, 4) is 11.4 Å². The number of fused-ring (bicyclic) bond motifs is 1. The summed E-state index contributed by atoms with van der Waals surface area (Å²) in [6.45, 7) is 2.84. The Labute approximate surface area is 104 Å². The van der Waals surface area contributed by atoms with Gasteiger partial charge in [0.2, 0.25) is 0 Å². The molecular formula is C13H13N5. The van der Waals surface area contributed by atoms with Crippen molar-refractivity contribution in [1.29, 1.82) is 0 Å². The van der Waals surface area contributed by atoms with Crippen LogP contribution in [0.25, 0.3) is 22.6 Å². The number of aromatic nitrogens is 4. The lowest BCUT2D eigenvalue weighted by molar-refractivity contribution is 1.14. The summed E-state index contributed by atoms with van der Waals surface area (Å²) in [6.07, 6.45) is 1.63. The molecule has 0 bridgehead atoms. The van der Waals surface area contributed by atoms with Crippen molar-refractivity contribution in [3.05, 3.63) is 36.7 Å². The highest BCUT2D eigenvalue weighted by Gasteiger charge is 2.10. The van der Waals surface area contributed by atoms with E-state index in [1.165, 1.54) is 0 Å². The second kappa shape index (κ2) is 4.44. The van der Waals surface area contributed by atoms with Crippen molar-refractivity contribution in [3.63, 3.8) is 0 Å². The molecule has 0 saturated carbocycles. The fourth-order valence-corrected chi connectivity index (χ4v) is 1.84. The zero-order valence-electron chi connectivity index (χ0n) is 10.0. The monoisotopic (exact) mass is 239 g/mol. The normalized spacial score (nSPS) is 10.7. The van der Waals surface area contributed by atoms with Crippen LogP contribution in [-0.4, -0.2) is 26.5 Å². The maximum Gasteiger partial charge on any atom is 0.183 e. The van der Waals surface area contributed by atoms with E-state index in [1.807, 2.05) is 37.3 Å². The molecule has 0 amide bonds. The van der Waals surface area contributed by atoms with Crippen LogP contribution in [-0.2, 0) is 0 Å². The van der Waals surface area contributed by atoms with E-state index >= 15 is 0 Å².